The first-order valence-corrected chi connectivity index (χ1v) is 6.04. The van der Waals surface area contributed by atoms with E-state index in [2.05, 4.69) is 4.98 Å². The van der Waals surface area contributed by atoms with E-state index >= 15 is 0 Å². The number of ether oxygens (including phenoxy) is 1. The van der Waals surface area contributed by atoms with Crippen LogP contribution in [0.1, 0.15) is 18.4 Å². The van der Waals surface area contributed by atoms with Gasteiger partial charge in [0.25, 0.3) is 0 Å². The molecule has 2 N–H and O–H groups in total. The highest BCUT2D eigenvalue weighted by molar-refractivity contribution is 6.32. The van der Waals surface area contributed by atoms with Gasteiger partial charge in [0.05, 0.1) is 5.92 Å². The third-order valence-electron chi connectivity index (χ3n) is 2.71. The maximum Gasteiger partial charge on any atom is 0.309 e. The molecule has 1 aromatic heterocycles. The van der Waals surface area contributed by atoms with Gasteiger partial charge in [0.15, 0.2) is 0 Å². The standard InChI is InChI=1S/C11H12Cl2N2O2/c12-9-1-6(2-10(13)15-9)5-17-11(16)7-3-8(14)4-7/h1-2,7-8H,3-5,14H2. The summed E-state index contributed by atoms with van der Waals surface area (Å²) in [6.45, 7) is 0.159. The molecule has 0 amide bonds. The molecule has 0 aliphatic heterocycles. The summed E-state index contributed by atoms with van der Waals surface area (Å²) in [6.07, 6.45) is 1.41. The second kappa shape index (κ2) is 5.21. The molecule has 1 heterocycles. The normalized spacial score (nSPS) is 23.0. The maximum absolute atomic E-state index is 11.6. The Morgan fingerprint density at radius 3 is 2.53 bits per heavy atom. The van der Waals surface area contributed by atoms with Gasteiger partial charge in [-0.15, -0.1) is 0 Å². The van der Waals surface area contributed by atoms with Crippen molar-refractivity contribution in [2.75, 3.05) is 0 Å². The van der Waals surface area contributed by atoms with Crippen molar-refractivity contribution in [1.82, 2.24) is 4.98 Å². The van der Waals surface area contributed by atoms with E-state index < -0.39 is 0 Å². The van der Waals surface area contributed by atoms with Crippen molar-refractivity contribution < 1.29 is 9.53 Å². The third kappa shape index (κ3) is 3.31. The average Bonchev–Trinajstić information content (AvgIpc) is 2.20. The summed E-state index contributed by atoms with van der Waals surface area (Å²) in [4.78, 5) is 15.4. The van der Waals surface area contributed by atoms with Gasteiger partial charge in [0.2, 0.25) is 0 Å². The van der Waals surface area contributed by atoms with Gasteiger partial charge in [0.1, 0.15) is 16.9 Å². The fraction of sp³-hybridized carbons (Fsp3) is 0.455. The Morgan fingerprint density at radius 1 is 1.41 bits per heavy atom. The Balaban J connectivity index is 1.87. The second-order valence-electron chi connectivity index (χ2n) is 4.16. The van der Waals surface area contributed by atoms with Crippen molar-refractivity contribution in [3.63, 3.8) is 0 Å². The predicted octanol–water partition coefficient (Wildman–Crippen LogP) is 2.17. The molecule has 2 rings (SSSR count). The van der Waals surface area contributed by atoms with Crippen LogP contribution in [0.4, 0.5) is 0 Å². The SMILES string of the molecule is NC1CC(C(=O)OCc2cc(Cl)nc(Cl)c2)C1. The molecule has 0 spiro atoms. The van der Waals surface area contributed by atoms with E-state index in [1.165, 1.54) is 0 Å². The van der Waals surface area contributed by atoms with E-state index in [0.717, 1.165) is 5.56 Å². The molecule has 6 heteroatoms. The van der Waals surface area contributed by atoms with E-state index in [1.807, 2.05) is 0 Å². The van der Waals surface area contributed by atoms with Crippen molar-refractivity contribution in [3.8, 4) is 0 Å². The molecule has 0 saturated heterocycles. The van der Waals surface area contributed by atoms with E-state index in [9.17, 15) is 4.79 Å². The maximum atomic E-state index is 11.6. The van der Waals surface area contributed by atoms with Crippen LogP contribution in [-0.4, -0.2) is 17.0 Å². The molecule has 4 nitrogen and oxygen atoms in total. The Labute approximate surface area is 109 Å². The number of hydrogen-bond acceptors (Lipinski definition) is 4. The highest BCUT2D eigenvalue weighted by Gasteiger charge is 2.33. The lowest BCUT2D eigenvalue weighted by Crippen LogP contribution is -2.41. The van der Waals surface area contributed by atoms with Gasteiger partial charge in [-0.05, 0) is 30.5 Å². The molecule has 1 aromatic rings. The molecule has 1 fully saturated rings. The number of aromatic nitrogens is 1. The molecular formula is C11H12Cl2N2O2. The molecule has 0 unspecified atom stereocenters. The van der Waals surface area contributed by atoms with Crippen LogP contribution in [0, 0.1) is 5.92 Å². The first-order chi connectivity index (χ1) is 8.04. The van der Waals surface area contributed by atoms with Crippen molar-refractivity contribution in [1.29, 1.82) is 0 Å². The number of nitrogens with two attached hydrogens (primary N) is 1. The minimum Gasteiger partial charge on any atom is -0.461 e. The molecule has 1 aliphatic carbocycles. The third-order valence-corrected chi connectivity index (χ3v) is 3.10. The van der Waals surface area contributed by atoms with Crippen LogP contribution in [-0.2, 0) is 16.1 Å². The lowest BCUT2D eigenvalue weighted by molar-refractivity contribution is -0.153. The zero-order chi connectivity index (χ0) is 12.4. The van der Waals surface area contributed by atoms with Crippen LogP contribution in [0.5, 0.6) is 0 Å². The Hall–Kier alpha value is -0.840. The lowest BCUT2D eigenvalue weighted by Gasteiger charge is -2.30. The van der Waals surface area contributed by atoms with Crippen molar-refractivity contribution >= 4 is 29.2 Å². The number of rotatable bonds is 3. The van der Waals surface area contributed by atoms with Gasteiger partial charge >= 0.3 is 5.97 Å². The molecule has 1 aliphatic rings. The molecule has 0 atom stereocenters. The molecule has 0 radical (unpaired) electrons. The number of carbonyl (C=O) groups excluding carboxylic acids is 1. The fourth-order valence-corrected chi connectivity index (χ4v) is 2.23. The zero-order valence-electron chi connectivity index (χ0n) is 9.03. The van der Waals surface area contributed by atoms with Crippen LogP contribution >= 0.6 is 23.2 Å². The highest BCUT2D eigenvalue weighted by atomic mass is 35.5. The van der Waals surface area contributed by atoms with Crippen LogP contribution in [0.2, 0.25) is 10.3 Å². The van der Waals surface area contributed by atoms with E-state index in [0.29, 0.717) is 12.8 Å². The highest BCUT2D eigenvalue weighted by Crippen LogP contribution is 2.27. The summed E-state index contributed by atoms with van der Waals surface area (Å²) in [6, 6.07) is 3.37. The number of nitrogens with zero attached hydrogens (tertiary/aromatic N) is 1. The summed E-state index contributed by atoms with van der Waals surface area (Å²) < 4.78 is 5.15. The Morgan fingerprint density at radius 2 is 2.00 bits per heavy atom. The van der Waals surface area contributed by atoms with Crippen LogP contribution in [0.15, 0.2) is 12.1 Å². The second-order valence-corrected chi connectivity index (χ2v) is 4.93. The van der Waals surface area contributed by atoms with Gasteiger partial charge in [-0.2, -0.15) is 0 Å². The monoisotopic (exact) mass is 274 g/mol. The van der Waals surface area contributed by atoms with Gasteiger partial charge in [0, 0.05) is 6.04 Å². The quantitative estimate of drug-likeness (QED) is 0.678. The van der Waals surface area contributed by atoms with Gasteiger partial charge < -0.3 is 10.5 Å². The predicted molar refractivity (Wildman–Crippen MR) is 64.8 cm³/mol. The van der Waals surface area contributed by atoms with E-state index in [1.54, 1.807) is 12.1 Å². The van der Waals surface area contributed by atoms with E-state index in [4.69, 9.17) is 33.7 Å². The summed E-state index contributed by atoms with van der Waals surface area (Å²) in [5, 5.41) is 0.573. The fourth-order valence-electron chi connectivity index (χ4n) is 1.72. The van der Waals surface area contributed by atoms with Crippen molar-refractivity contribution in [2.45, 2.75) is 25.5 Å². The van der Waals surface area contributed by atoms with Crippen LogP contribution in [0.3, 0.4) is 0 Å². The summed E-state index contributed by atoms with van der Waals surface area (Å²) in [5.74, 6) is -0.270. The lowest BCUT2D eigenvalue weighted by atomic mass is 9.81. The number of esters is 1. The summed E-state index contributed by atoms with van der Waals surface area (Å²) in [5.41, 5.74) is 6.33. The van der Waals surface area contributed by atoms with Gasteiger partial charge in [-0.3, -0.25) is 4.79 Å². The zero-order valence-corrected chi connectivity index (χ0v) is 10.5. The van der Waals surface area contributed by atoms with Gasteiger partial charge in [-0.1, -0.05) is 23.2 Å². The smallest absolute Gasteiger partial charge is 0.309 e. The molecule has 92 valence electrons. The minimum absolute atomic E-state index is 0.0576. The first-order valence-electron chi connectivity index (χ1n) is 5.29. The summed E-state index contributed by atoms with van der Waals surface area (Å²) >= 11 is 11.5. The number of carbonyl (C=O) groups is 1. The molecule has 0 aromatic carbocycles. The number of halogens is 2. The van der Waals surface area contributed by atoms with E-state index in [-0.39, 0.29) is 34.8 Å². The van der Waals surface area contributed by atoms with Crippen molar-refractivity contribution in [3.05, 3.63) is 28.0 Å². The topological polar surface area (TPSA) is 65.2 Å². The molecule has 17 heavy (non-hydrogen) atoms. The largest absolute Gasteiger partial charge is 0.461 e. The van der Waals surface area contributed by atoms with Gasteiger partial charge in [-0.25, -0.2) is 4.98 Å². The molecular weight excluding hydrogens is 263 g/mol. The number of pyridine rings is 1. The first kappa shape index (κ1) is 12.6. The number of hydrogen-bond donors (Lipinski definition) is 1. The average molecular weight is 275 g/mol. The Bertz CT molecular complexity index is 413. The van der Waals surface area contributed by atoms with Crippen LogP contribution < -0.4 is 5.73 Å². The molecule has 1 saturated carbocycles. The Kier molecular flexibility index (Phi) is 3.86. The molecule has 0 bridgehead atoms. The van der Waals surface area contributed by atoms with Crippen LogP contribution in [0.25, 0.3) is 0 Å². The minimum atomic E-state index is -0.212. The summed E-state index contributed by atoms with van der Waals surface area (Å²) in [7, 11) is 0. The van der Waals surface area contributed by atoms with Crippen molar-refractivity contribution in [2.24, 2.45) is 11.7 Å².